The van der Waals surface area contributed by atoms with Crippen LogP contribution in [0.25, 0.3) is 21.8 Å². The van der Waals surface area contributed by atoms with E-state index in [4.69, 9.17) is 14.0 Å². The maximum Gasteiger partial charge on any atom is 0.321 e. The molecule has 5 atom stereocenters. The summed E-state index contributed by atoms with van der Waals surface area (Å²) in [5.41, 5.74) is 6.31. The fraction of sp³-hybridized carbons (Fsp3) is 0.308. The third-order valence-corrected chi connectivity index (χ3v) is 14.6. The van der Waals surface area contributed by atoms with Gasteiger partial charge in [0, 0.05) is 61.3 Å². The molecule has 1 unspecified atom stereocenters. The number of hydrogen-bond donors (Lipinski definition) is 4. The first-order valence-corrected chi connectivity index (χ1v) is 24.6. The highest BCUT2D eigenvalue weighted by molar-refractivity contribution is 7.59. The van der Waals surface area contributed by atoms with Crippen LogP contribution in [0.5, 0.6) is 11.5 Å². The average molecular weight is 922 g/mol. The predicted octanol–water partition coefficient (Wildman–Crippen LogP) is 8.31. The van der Waals surface area contributed by atoms with Crippen molar-refractivity contribution in [2.45, 2.75) is 64.5 Å². The summed E-state index contributed by atoms with van der Waals surface area (Å²) in [5, 5.41) is 32.0. The standard InChI is InChI=1S/C52H56N7O7P/c1-4-65-51(61)36(2)35-67(63,66-46-8-6-5-7-9-46)25-24-53-30-39-12-10-38(11-13-39)28-49-50(60)29-44(19-14-37-15-20-45(64-3)21-16-37)58(33-40-17-22-47-42(26-40)31-54-56-47)52(62)59(49)34-41-18-23-48-43(27-41)32-55-57-48/h5-13,15-18,20-23,26-27,31-32,36,44,49-50,53,60H,4,24-25,28-30,33-35H2,1-3H3,(H,54,56)(H,55,57)/t36-,44-,49-,50-,67?/m1/s1. The molecule has 67 heavy (non-hydrogen) atoms. The number of H-pyrrole nitrogens is 2. The van der Waals surface area contributed by atoms with Gasteiger partial charge in [-0.1, -0.05) is 73.4 Å². The minimum absolute atomic E-state index is 0.0659. The fourth-order valence-corrected chi connectivity index (χ4v) is 10.8. The Kier molecular flexibility index (Phi) is 15.0. The number of nitrogens with zero attached hydrogens (tertiary/aromatic N) is 4. The lowest BCUT2D eigenvalue weighted by Crippen LogP contribution is -2.50. The number of fused-ring (bicyclic) bond motifs is 2. The van der Waals surface area contributed by atoms with Crippen molar-refractivity contribution >= 4 is 41.2 Å². The van der Waals surface area contributed by atoms with Gasteiger partial charge in [0.05, 0.1) is 61.2 Å². The first-order valence-electron chi connectivity index (χ1n) is 22.6. The number of aliphatic hydroxyl groups is 1. The average Bonchev–Trinajstić information content (AvgIpc) is 4.01. The molecule has 7 aromatic rings. The summed E-state index contributed by atoms with van der Waals surface area (Å²) in [5.74, 6) is 6.90. The van der Waals surface area contributed by atoms with Crippen LogP contribution in [0.1, 0.15) is 48.1 Å². The lowest BCUT2D eigenvalue weighted by Gasteiger charge is -2.35. The van der Waals surface area contributed by atoms with E-state index in [9.17, 15) is 14.5 Å². The molecule has 0 radical (unpaired) electrons. The molecule has 5 aromatic carbocycles. The van der Waals surface area contributed by atoms with Crippen molar-refractivity contribution in [3.8, 4) is 23.3 Å². The SMILES string of the molecule is CCOC(=O)[C@H](C)CP(=O)(CCNCc1ccc(C[C@@H]2[C@H](O)C[C@@H](C#Cc3ccc(OC)cc3)N(Cc3ccc4[nH]ncc4c3)C(=O)N2Cc2ccc3[nH]ncc3c2)cc1)Oc1ccccc1. The normalized spacial score (nSPS) is 17.6. The maximum absolute atomic E-state index is 15.3. The van der Waals surface area contributed by atoms with Crippen molar-refractivity contribution in [3.63, 3.8) is 0 Å². The molecule has 1 aliphatic rings. The summed E-state index contributed by atoms with van der Waals surface area (Å²) in [6.07, 6.45) is 3.50. The van der Waals surface area contributed by atoms with Gasteiger partial charge in [-0.05, 0) is 96.3 Å². The van der Waals surface area contributed by atoms with E-state index < -0.39 is 37.4 Å². The van der Waals surface area contributed by atoms with Gasteiger partial charge >= 0.3 is 12.0 Å². The first kappa shape index (κ1) is 46.6. The van der Waals surface area contributed by atoms with Crippen molar-refractivity contribution in [1.82, 2.24) is 35.5 Å². The number of carbonyl (C=O) groups excluding carboxylic acids is 2. The summed E-state index contributed by atoms with van der Waals surface area (Å²) in [6, 6.07) is 35.1. The Morgan fingerprint density at radius 3 is 2.12 bits per heavy atom. The fourth-order valence-electron chi connectivity index (χ4n) is 8.46. The minimum atomic E-state index is -3.28. The number of para-hydroxylation sites is 1. The Morgan fingerprint density at radius 1 is 0.851 bits per heavy atom. The highest BCUT2D eigenvalue weighted by Crippen LogP contribution is 2.48. The first-order chi connectivity index (χ1) is 32.6. The van der Waals surface area contributed by atoms with Crippen LogP contribution in [0.2, 0.25) is 0 Å². The van der Waals surface area contributed by atoms with Crippen LogP contribution in [0.15, 0.2) is 128 Å². The van der Waals surface area contributed by atoms with Crippen LogP contribution in [0.4, 0.5) is 4.79 Å². The Labute approximate surface area is 390 Å². The number of ether oxygens (including phenoxy) is 2. The third kappa shape index (κ3) is 11.9. The Balaban J connectivity index is 1.02. The van der Waals surface area contributed by atoms with E-state index in [1.54, 1.807) is 55.3 Å². The monoisotopic (exact) mass is 921 g/mol. The Morgan fingerprint density at radius 2 is 1.48 bits per heavy atom. The van der Waals surface area contributed by atoms with E-state index in [1.807, 2.05) is 103 Å². The molecule has 1 aliphatic heterocycles. The second-order valence-electron chi connectivity index (χ2n) is 17.0. The topological polar surface area (TPSA) is 175 Å². The molecule has 14 nitrogen and oxygen atoms in total. The highest BCUT2D eigenvalue weighted by atomic mass is 31.2. The number of aromatic amines is 2. The molecule has 346 valence electrons. The van der Waals surface area contributed by atoms with Crippen molar-refractivity contribution in [3.05, 3.63) is 155 Å². The number of amides is 2. The van der Waals surface area contributed by atoms with Gasteiger partial charge in [-0.25, -0.2) is 4.79 Å². The van der Waals surface area contributed by atoms with E-state index in [0.717, 1.165) is 49.6 Å². The maximum atomic E-state index is 15.3. The smallest absolute Gasteiger partial charge is 0.321 e. The molecule has 8 rings (SSSR count). The molecule has 3 heterocycles. The molecular weight excluding hydrogens is 866 g/mol. The van der Waals surface area contributed by atoms with Crippen LogP contribution in [-0.2, 0) is 40.2 Å². The number of aromatic nitrogens is 4. The Hall–Kier alpha value is -6.91. The molecule has 4 N–H and O–H groups in total. The van der Waals surface area contributed by atoms with E-state index in [2.05, 4.69) is 37.6 Å². The van der Waals surface area contributed by atoms with Gasteiger partial charge in [0.25, 0.3) is 0 Å². The van der Waals surface area contributed by atoms with E-state index in [0.29, 0.717) is 31.0 Å². The van der Waals surface area contributed by atoms with Gasteiger partial charge in [0.1, 0.15) is 11.5 Å². The van der Waals surface area contributed by atoms with Crippen LogP contribution >= 0.6 is 7.37 Å². The quantitative estimate of drug-likeness (QED) is 0.0284. The van der Waals surface area contributed by atoms with Crippen LogP contribution < -0.4 is 14.6 Å². The van der Waals surface area contributed by atoms with Gasteiger partial charge in [-0.15, -0.1) is 0 Å². The zero-order valence-corrected chi connectivity index (χ0v) is 38.8. The number of hydrogen-bond acceptors (Lipinski definition) is 10. The highest BCUT2D eigenvalue weighted by Gasteiger charge is 2.41. The molecule has 1 fully saturated rings. The summed E-state index contributed by atoms with van der Waals surface area (Å²) in [6.45, 7) is 5.12. The van der Waals surface area contributed by atoms with E-state index >= 15 is 4.79 Å². The van der Waals surface area contributed by atoms with Crippen molar-refractivity contribution < 1.29 is 33.3 Å². The number of methoxy groups -OCH3 is 1. The lowest BCUT2D eigenvalue weighted by atomic mass is 9.95. The van der Waals surface area contributed by atoms with Gasteiger partial charge in [-0.2, -0.15) is 10.2 Å². The summed E-state index contributed by atoms with van der Waals surface area (Å²) >= 11 is 0. The molecule has 0 bridgehead atoms. The third-order valence-electron chi connectivity index (χ3n) is 12.0. The van der Waals surface area contributed by atoms with Crippen LogP contribution in [-0.4, -0.2) is 98.1 Å². The van der Waals surface area contributed by atoms with Gasteiger partial charge in [0.15, 0.2) is 0 Å². The number of urea groups is 1. The summed E-state index contributed by atoms with van der Waals surface area (Å²) < 4.78 is 30.8. The van der Waals surface area contributed by atoms with Crippen molar-refractivity contribution in [1.29, 1.82) is 0 Å². The zero-order valence-electron chi connectivity index (χ0n) is 37.9. The van der Waals surface area contributed by atoms with Crippen molar-refractivity contribution in [2.24, 2.45) is 5.92 Å². The molecule has 0 saturated carbocycles. The molecule has 2 aromatic heterocycles. The second kappa shape index (κ2) is 21.6. The number of nitrogens with one attached hydrogen (secondary N) is 3. The molecule has 1 saturated heterocycles. The largest absolute Gasteiger partial charge is 0.497 e. The number of benzene rings is 5. The predicted molar refractivity (Wildman–Crippen MR) is 259 cm³/mol. The molecule has 15 heteroatoms. The van der Waals surface area contributed by atoms with Gasteiger partial charge < -0.3 is 34.2 Å². The van der Waals surface area contributed by atoms with Gasteiger partial charge in [0.2, 0.25) is 7.37 Å². The number of aliphatic hydroxyl groups excluding tert-OH is 1. The second-order valence-corrected chi connectivity index (χ2v) is 19.6. The molecule has 2 amide bonds. The van der Waals surface area contributed by atoms with E-state index in [1.165, 1.54) is 0 Å². The molecule has 0 spiro atoms. The molecule has 0 aliphatic carbocycles. The number of esters is 1. The van der Waals surface area contributed by atoms with Crippen LogP contribution in [0, 0.1) is 17.8 Å². The van der Waals surface area contributed by atoms with Crippen LogP contribution in [0.3, 0.4) is 0 Å². The minimum Gasteiger partial charge on any atom is -0.497 e. The van der Waals surface area contributed by atoms with Gasteiger partial charge in [-0.3, -0.25) is 19.6 Å². The molecular formula is C52H56N7O7P. The van der Waals surface area contributed by atoms with Crippen molar-refractivity contribution in [2.75, 3.05) is 32.6 Å². The summed E-state index contributed by atoms with van der Waals surface area (Å²) in [7, 11) is -1.67. The number of rotatable bonds is 18. The Bertz CT molecular complexity index is 2880. The summed E-state index contributed by atoms with van der Waals surface area (Å²) in [4.78, 5) is 31.3. The number of carbonyl (C=O) groups is 2. The lowest BCUT2D eigenvalue weighted by molar-refractivity contribution is -0.146. The zero-order chi connectivity index (χ0) is 46.8. The van der Waals surface area contributed by atoms with E-state index in [-0.39, 0.29) is 44.5 Å².